The van der Waals surface area contributed by atoms with E-state index in [9.17, 15) is 9.59 Å². The number of benzene rings is 1. The second-order valence-corrected chi connectivity index (χ2v) is 3.38. The van der Waals surface area contributed by atoms with Crippen molar-refractivity contribution in [2.45, 2.75) is 0 Å². The van der Waals surface area contributed by atoms with E-state index in [4.69, 9.17) is 10.00 Å². The van der Waals surface area contributed by atoms with Crippen molar-refractivity contribution in [3.63, 3.8) is 0 Å². The molecule has 0 saturated heterocycles. The summed E-state index contributed by atoms with van der Waals surface area (Å²) in [5, 5.41) is 11.4. The van der Waals surface area contributed by atoms with Gasteiger partial charge in [-0.2, -0.15) is 5.26 Å². The molecule has 2 rings (SSSR count). The summed E-state index contributed by atoms with van der Waals surface area (Å²) in [5.74, 6) is 0.0411. The van der Waals surface area contributed by atoms with Gasteiger partial charge in [-0.15, -0.1) is 0 Å². The molecule has 0 atom stereocenters. The first kappa shape index (κ1) is 10.9. The number of ether oxygens (including phenoxy) is 1. The van der Waals surface area contributed by atoms with E-state index in [1.54, 1.807) is 24.3 Å². The third-order valence-corrected chi connectivity index (χ3v) is 2.35. The maximum Gasteiger partial charge on any atom is 0.272 e. The zero-order chi connectivity index (χ0) is 12.4. The highest BCUT2D eigenvalue weighted by atomic mass is 16.5. The average molecular weight is 228 g/mol. The van der Waals surface area contributed by atoms with Crippen LogP contribution < -0.4 is 20.9 Å². The van der Waals surface area contributed by atoms with E-state index in [2.05, 4.69) is 5.32 Å². The van der Waals surface area contributed by atoms with Crippen LogP contribution in [-0.2, 0) is 0 Å². The lowest BCUT2D eigenvalue weighted by molar-refractivity contribution is 0.408. The summed E-state index contributed by atoms with van der Waals surface area (Å²) in [6.45, 7) is 0. The Bertz CT molecular complexity index is 658. The van der Waals surface area contributed by atoms with Crippen LogP contribution in [0.25, 0.3) is 0 Å². The van der Waals surface area contributed by atoms with Gasteiger partial charge in [-0.25, -0.2) is 0 Å². The molecule has 2 aromatic rings. The minimum atomic E-state index is -0.622. The molecule has 0 aliphatic rings. The highest BCUT2D eigenvalue weighted by Crippen LogP contribution is 2.22. The fourth-order valence-corrected chi connectivity index (χ4v) is 1.45. The molecule has 0 aliphatic heterocycles. The summed E-state index contributed by atoms with van der Waals surface area (Å²) in [4.78, 5) is 22.3. The molecule has 0 fully saturated rings. The molecular weight excluding hydrogens is 220 g/mol. The zero-order valence-electron chi connectivity index (χ0n) is 8.98. The molecule has 5 heteroatoms. The number of hydrogen-bond donors (Lipinski definition) is 1. The number of hydrogen-bond acceptors (Lipinski definition) is 5. The maximum absolute atomic E-state index is 11.3. The summed E-state index contributed by atoms with van der Waals surface area (Å²) in [7, 11) is 1.33. The fraction of sp³-hybridized carbons (Fsp3) is 0.0833. The highest BCUT2D eigenvalue weighted by molar-refractivity contribution is 5.70. The zero-order valence-corrected chi connectivity index (χ0v) is 8.98. The lowest BCUT2D eigenvalue weighted by Crippen LogP contribution is -2.34. The molecule has 0 aliphatic carbocycles. The van der Waals surface area contributed by atoms with Crippen molar-refractivity contribution in [2.24, 2.45) is 0 Å². The van der Waals surface area contributed by atoms with Crippen molar-refractivity contribution >= 4 is 11.4 Å². The van der Waals surface area contributed by atoms with Crippen LogP contribution >= 0.6 is 0 Å². The molecule has 0 spiro atoms. The third-order valence-electron chi connectivity index (χ3n) is 2.35. The van der Waals surface area contributed by atoms with Crippen LogP contribution in [0.2, 0.25) is 0 Å². The molecule has 5 nitrogen and oxygen atoms in total. The summed E-state index contributed by atoms with van der Waals surface area (Å²) >= 11 is 0. The second-order valence-electron chi connectivity index (χ2n) is 3.38. The van der Waals surface area contributed by atoms with Gasteiger partial charge in [0.2, 0.25) is 0 Å². The molecule has 0 saturated carbocycles. The second kappa shape index (κ2) is 4.10. The predicted octanol–water partition coefficient (Wildman–Crippen LogP) is 0.906. The minimum Gasteiger partial charge on any atom is -0.491 e. The van der Waals surface area contributed by atoms with Crippen LogP contribution in [-0.4, -0.2) is 7.11 Å². The highest BCUT2D eigenvalue weighted by Gasteiger charge is 2.21. The SMILES string of the molecule is COc1c(Nc2ccc(C#N)cc2)c(=O)c1=O. The molecule has 0 unspecified atom stereocenters. The Labute approximate surface area is 96.6 Å². The number of anilines is 2. The normalized spacial score (nSPS) is 9.88. The lowest BCUT2D eigenvalue weighted by Gasteiger charge is -2.11. The first-order valence-corrected chi connectivity index (χ1v) is 4.82. The quantitative estimate of drug-likeness (QED) is 0.790. The van der Waals surface area contributed by atoms with Gasteiger partial charge in [0.15, 0.2) is 5.75 Å². The molecule has 0 heterocycles. The molecule has 1 N–H and O–H groups in total. The predicted molar refractivity (Wildman–Crippen MR) is 62.3 cm³/mol. The minimum absolute atomic E-state index is 0.0411. The Morgan fingerprint density at radius 2 is 1.82 bits per heavy atom. The van der Waals surface area contributed by atoms with Crippen LogP contribution in [0, 0.1) is 11.3 Å². The molecule has 0 amide bonds. The number of methoxy groups -OCH3 is 1. The van der Waals surface area contributed by atoms with Crippen LogP contribution in [0.15, 0.2) is 33.9 Å². The van der Waals surface area contributed by atoms with Crippen molar-refractivity contribution < 1.29 is 4.74 Å². The van der Waals surface area contributed by atoms with E-state index in [1.807, 2.05) is 6.07 Å². The van der Waals surface area contributed by atoms with E-state index in [-0.39, 0.29) is 11.4 Å². The third kappa shape index (κ3) is 1.76. The molecule has 0 bridgehead atoms. The topological polar surface area (TPSA) is 79.2 Å². The average Bonchev–Trinajstić information content (AvgIpc) is 2.38. The first-order valence-electron chi connectivity index (χ1n) is 4.82. The van der Waals surface area contributed by atoms with Gasteiger partial charge in [-0.1, -0.05) is 0 Å². The van der Waals surface area contributed by atoms with Crippen LogP contribution in [0.5, 0.6) is 5.75 Å². The number of nitrogens with zero attached hydrogens (tertiary/aromatic N) is 1. The van der Waals surface area contributed by atoms with Crippen LogP contribution in [0.4, 0.5) is 11.4 Å². The Morgan fingerprint density at radius 3 is 2.35 bits per heavy atom. The summed E-state index contributed by atoms with van der Waals surface area (Å²) < 4.78 is 4.79. The Morgan fingerprint density at radius 1 is 1.18 bits per heavy atom. The van der Waals surface area contributed by atoms with E-state index >= 15 is 0 Å². The molecule has 17 heavy (non-hydrogen) atoms. The van der Waals surface area contributed by atoms with Crippen molar-refractivity contribution in [3.05, 3.63) is 50.3 Å². The molecule has 0 radical (unpaired) electrons. The van der Waals surface area contributed by atoms with Crippen molar-refractivity contribution in [2.75, 3.05) is 12.4 Å². The monoisotopic (exact) mass is 228 g/mol. The summed E-state index contributed by atoms with van der Waals surface area (Å²) in [6.07, 6.45) is 0. The Kier molecular flexibility index (Phi) is 2.63. The van der Waals surface area contributed by atoms with Gasteiger partial charge in [0, 0.05) is 5.69 Å². The van der Waals surface area contributed by atoms with Crippen LogP contribution in [0.1, 0.15) is 5.56 Å². The van der Waals surface area contributed by atoms with Gasteiger partial charge in [0.05, 0.1) is 18.7 Å². The smallest absolute Gasteiger partial charge is 0.272 e. The number of nitriles is 1. The summed E-state index contributed by atoms with van der Waals surface area (Å²) in [6, 6.07) is 8.50. The van der Waals surface area contributed by atoms with Crippen molar-refractivity contribution in [1.29, 1.82) is 5.26 Å². The number of rotatable bonds is 3. The number of nitrogens with one attached hydrogen (secondary N) is 1. The first-order chi connectivity index (χ1) is 8.17. The largest absolute Gasteiger partial charge is 0.491 e. The van der Waals surface area contributed by atoms with Gasteiger partial charge >= 0.3 is 0 Å². The fourth-order valence-electron chi connectivity index (χ4n) is 1.45. The van der Waals surface area contributed by atoms with Gasteiger partial charge in [-0.3, -0.25) is 9.59 Å². The molecule has 84 valence electrons. The Balaban J connectivity index is 2.27. The Hall–Kier alpha value is -2.61. The van der Waals surface area contributed by atoms with Crippen molar-refractivity contribution in [1.82, 2.24) is 0 Å². The van der Waals surface area contributed by atoms with Crippen LogP contribution in [0.3, 0.4) is 0 Å². The van der Waals surface area contributed by atoms with Gasteiger partial charge < -0.3 is 10.1 Å². The molecule has 2 aromatic carbocycles. The maximum atomic E-state index is 11.3. The van der Waals surface area contributed by atoms with Gasteiger partial charge in [0.1, 0.15) is 5.69 Å². The van der Waals surface area contributed by atoms with E-state index in [1.165, 1.54) is 7.11 Å². The molecule has 0 aromatic heterocycles. The summed E-state index contributed by atoms with van der Waals surface area (Å²) in [5.41, 5.74) is 0.0824. The van der Waals surface area contributed by atoms with E-state index < -0.39 is 10.9 Å². The van der Waals surface area contributed by atoms with Crippen molar-refractivity contribution in [3.8, 4) is 11.8 Å². The van der Waals surface area contributed by atoms with Gasteiger partial charge in [0.25, 0.3) is 10.9 Å². The molecular formula is C12H8N2O3. The lowest BCUT2D eigenvalue weighted by atomic mass is 10.2. The van der Waals surface area contributed by atoms with E-state index in [0.29, 0.717) is 11.3 Å². The van der Waals surface area contributed by atoms with E-state index in [0.717, 1.165) is 0 Å². The standard InChI is InChI=1S/C12H8N2O3/c1-17-12-9(10(15)11(12)16)14-8-4-2-7(6-13)3-5-8/h2-5,14H,1H3. The van der Waals surface area contributed by atoms with Gasteiger partial charge in [-0.05, 0) is 24.3 Å².